The zero-order chi connectivity index (χ0) is 15.5. The second-order valence-corrected chi connectivity index (χ2v) is 7.17. The van der Waals surface area contributed by atoms with Crippen LogP contribution in [-0.2, 0) is 9.59 Å². The fourth-order valence-electron chi connectivity index (χ4n) is 3.74. The summed E-state index contributed by atoms with van der Waals surface area (Å²) in [6.07, 6.45) is 12.9. The summed E-state index contributed by atoms with van der Waals surface area (Å²) in [4.78, 5) is 27.0. The van der Waals surface area contributed by atoms with Gasteiger partial charge in [-0.2, -0.15) is 0 Å². The van der Waals surface area contributed by atoms with Crippen molar-refractivity contribution in [1.29, 1.82) is 0 Å². The molecule has 1 N–H and O–H groups in total. The number of amides is 2. The van der Waals surface area contributed by atoms with Crippen molar-refractivity contribution in [3.05, 3.63) is 12.2 Å². The third-order valence-corrected chi connectivity index (χ3v) is 5.32. The van der Waals surface area contributed by atoms with E-state index >= 15 is 0 Å². The monoisotopic (exact) mass is 304 g/mol. The summed E-state index contributed by atoms with van der Waals surface area (Å²) in [5, 5.41) is 3.15. The van der Waals surface area contributed by atoms with Crippen LogP contribution >= 0.6 is 0 Å². The second kappa shape index (κ2) is 6.84. The van der Waals surface area contributed by atoms with Crippen molar-refractivity contribution in [3.8, 4) is 0 Å². The molecule has 0 aromatic rings. The maximum absolute atomic E-state index is 12.6. The number of fused-ring (bicyclic) bond motifs is 2. The summed E-state index contributed by atoms with van der Waals surface area (Å²) in [6, 6.07) is 0.0640. The minimum atomic E-state index is -0.231. The molecule has 1 saturated heterocycles. The number of allylic oxidation sites excluding steroid dienone is 1. The van der Waals surface area contributed by atoms with Gasteiger partial charge in [0.25, 0.3) is 0 Å². The third-order valence-electron chi connectivity index (χ3n) is 5.32. The first-order chi connectivity index (χ1) is 10.7. The number of hydrogen-bond acceptors (Lipinski definition) is 2. The van der Waals surface area contributed by atoms with Crippen LogP contribution in [0.15, 0.2) is 12.2 Å². The molecule has 0 unspecified atom stereocenters. The first-order valence-electron chi connectivity index (χ1n) is 8.94. The maximum atomic E-state index is 12.6. The Labute approximate surface area is 133 Å². The van der Waals surface area contributed by atoms with E-state index in [2.05, 4.69) is 17.5 Å². The quantitative estimate of drug-likeness (QED) is 0.699. The topological polar surface area (TPSA) is 49.4 Å². The van der Waals surface area contributed by atoms with Crippen LogP contribution in [-0.4, -0.2) is 35.3 Å². The minimum absolute atomic E-state index is 0.0442. The van der Waals surface area contributed by atoms with E-state index < -0.39 is 0 Å². The Kier molecular flexibility index (Phi) is 4.84. The molecule has 1 saturated carbocycles. The SMILES string of the molecule is C[C@H]1CCCCC/C=C\[C@@H]2C[C@H]2NC(=O)[C@@H]2CCCN2C1=O. The zero-order valence-corrected chi connectivity index (χ0v) is 13.6. The number of carbonyl (C=O) groups is 2. The van der Waals surface area contributed by atoms with Crippen LogP contribution in [0.4, 0.5) is 0 Å². The predicted molar refractivity (Wildman–Crippen MR) is 86.2 cm³/mol. The molecule has 122 valence electrons. The summed E-state index contributed by atoms with van der Waals surface area (Å²) in [7, 11) is 0. The van der Waals surface area contributed by atoms with Gasteiger partial charge in [-0.1, -0.05) is 31.9 Å². The highest BCUT2D eigenvalue weighted by molar-refractivity contribution is 5.89. The summed E-state index contributed by atoms with van der Waals surface area (Å²) < 4.78 is 0. The Hall–Kier alpha value is -1.32. The Morgan fingerprint density at radius 1 is 1.14 bits per heavy atom. The van der Waals surface area contributed by atoms with Crippen molar-refractivity contribution in [3.63, 3.8) is 0 Å². The van der Waals surface area contributed by atoms with Crippen molar-refractivity contribution >= 4 is 11.8 Å². The first kappa shape index (κ1) is 15.6. The molecular formula is C18H28N2O2. The first-order valence-corrected chi connectivity index (χ1v) is 8.94. The Morgan fingerprint density at radius 2 is 2.00 bits per heavy atom. The molecule has 2 fully saturated rings. The molecule has 4 nitrogen and oxygen atoms in total. The largest absolute Gasteiger partial charge is 0.351 e. The van der Waals surface area contributed by atoms with Gasteiger partial charge in [-0.15, -0.1) is 0 Å². The van der Waals surface area contributed by atoms with Crippen LogP contribution < -0.4 is 5.32 Å². The standard InChI is InChI=1S/C18H28N2O2/c1-13-8-5-3-2-4-6-9-14-12-15(14)19-17(21)16-10-7-11-20(16)18(13)22/h6,9,13-16H,2-5,7-8,10-12H2,1H3,(H,19,21)/b9-6-/t13-,14+,15+,16-/m0/s1. The molecule has 22 heavy (non-hydrogen) atoms. The number of nitrogens with zero attached hydrogens (tertiary/aromatic N) is 1. The molecule has 0 bridgehead atoms. The number of nitrogens with one attached hydrogen (secondary N) is 1. The van der Waals surface area contributed by atoms with E-state index in [1.54, 1.807) is 0 Å². The van der Waals surface area contributed by atoms with Crippen LogP contribution in [0.3, 0.4) is 0 Å². The third kappa shape index (κ3) is 3.53. The van der Waals surface area contributed by atoms with Gasteiger partial charge >= 0.3 is 0 Å². The highest BCUT2D eigenvalue weighted by atomic mass is 16.2. The van der Waals surface area contributed by atoms with E-state index in [9.17, 15) is 9.59 Å². The Morgan fingerprint density at radius 3 is 2.86 bits per heavy atom. The van der Waals surface area contributed by atoms with Gasteiger partial charge < -0.3 is 10.2 Å². The molecule has 0 aromatic carbocycles. The lowest BCUT2D eigenvalue weighted by molar-refractivity contribution is -0.141. The van der Waals surface area contributed by atoms with Crippen LogP contribution in [0.25, 0.3) is 0 Å². The van der Waals surface area contributed by atoms with Gasteiger partial charge in [0.15, 0.2) is 0 Å². The molecule has 2 aliphatic heterocycles. The van der Waals surface area contributed by atoms with Crippen molar-refractivity contribution in [2.24, 2.45) is 11.8 Å². The van der Waals surface area contributed by atoms with Crippen molar-refractivity contribution in [2.45, 2.75) is 70.4 Å². The fourth-order valence-corrected chi connectivity index (χ4v) is 3.74. The number of carbonyl (C=O) groups excluding carboxylic acids is 2. The lowest BCUT2D eigenvalue weighted by atomic mass is 10.0. The lowest BCUT2D eigenvalue weighted by Gasteiger charge is -2.27. The molecule has 4 atom stereocenters. The predicted octanol–water partition coefficient (Wildman–Crippen LogP) is 2.64. The molecule has 2 amide bonds. The van der Waals surface area contributed by atoms with Gasteiger partial charge in [-0.3, -0.25) is 9.59 Å². The van der Waals surface area contributed by atoms with E-state index in [0.29, 0.717) is 12.0 Å². The molecule has 0 aromatic heterocycles. The van der Waals surface area contributed by atoms with E-state index in [1.807, 2.05) is 11.8 Å². The van der Waals surface area contributed by atoms with E-state index in [1.165, 1.54) is 12.8 Å². The number of rotatable bonds is 0. The van der Waals surface area contributed by atoms with Gasteiger partial charge in [-0.05, 0) is 44.4 Å². The second-order valence-electron chi connectivity index (χ2n) is 7.17. The van der Waals surface area contributed by atoms with Crippen LogP contribution in [0.5, 0.6) is 0 Å². The lowest BCUT2D eigenvalue weighted by Crippen LogP contribution is -2.48. The smallest absolute Gasteiger partial charge is 0.243 e. The average molecular weight is 304 g/mol. The molecule has 4 heteroatoms. The van der Waals surface area contributed by atoms with Gasteiger partial charge in [0, 0.05) is 18.5 Å². The van der Waals surface area contributed by atoms with E-state index in [0.717, 1.165) is 45.1 Å². The average Bonchev–Trinajstić information content (AvgIpc) is 3.04. The van der Waals surface area contributed by atoms with Crippen LogP contribution in [0.2, 0.25) is 0 Å². The maximum Gasteiger partial charge on any atom is 0.243 e. The Bertz CT molecular complexity index is 460. The minimum Gasteiger partial charge on any atom is -0.351 e. The Balaban J connectivity index is 1.69. The molecule has 2 heterocycles. The van der Waals surface area contributed by atoms with Crippen molar-refractivity contribution in [1.82, 2.24) is 10.2 Å². The normalized spacial score (nSPS) is 38.3. The van der Waals surface area contributed by atoms with Crippen molar-refractivity contribution < 1.29 is 9.59 Å². The van der Waals surface area contributed by atoms with Gasteiger partial charge in [0.1, 0.15) is 6.04 Å². The molecule has 1 aliphatic carbocycles. The van der Waals surface area contributed by atoms with E-state index in [-0.39, 0.29) is 23.8 Å². The fraction of sp³-hybridized carbons (Fsp3) is 0.778. The molecule has 0 radical (unpaired) electrons. The number of hydrogen-bond donors (Lipinski definition) is 1. The molecular weight excluding hydrogens is 276 g/mol. The van der Waals surface area contributed by atoms with Crippen molar-refractivity contribution in [2.75, 3.05) is 6.54 Å². The summed E-state index contributed by atoms with van der Waals surface area (Å²) in [5.74, 6) is 0.799. The molecule has 3 rings (SSSR count). The summed E-state index contributed by atoms with van der Waals surface area (Å²) in [6.45, 7) is 2.76. The molecule has 0 spiro atoms. The van der Waals surface area contributed by atoms with Gasteiger partial charge in [0.2, 0.25) is 11.8 Å². The van der Waals surface area contributed by atoms with Gasteiger partial charge in [-0.25, -0.2) is 0 Å². The summed E-state index contributed by atoms with van der Waals surface area (Å²) >= 11 is 0. The highest BCUT2D eigenvalue weighted by Gasteiger charge is 2.41. The van der Waals surface area contributed by atoms with E-state index in [4.69, 9.17) is 0 Å². The van der Waals surface area contributed by atoms with Crippen LogP contribution in [0.1, 0.15) is 58.3 Å². The highest BCUT2D eigenvalue weighted by Crippen LogP contribution is 2.33. The summed E-state index contributed by atoms with van der Waals surface area (Å²) in [5.41, 5.74) is 0. The van der Waals surface area contributed by atoms with Gasteiger partial charge in [0.05, 0.1) is 0 Å². The molecule has 3 aliphatic rings. The zero-order valence-electron chi connectivity index (χ0n) is 13.6. The van der Waals surface area contributed by atoms with Crippen LogP contribution in [0, 0.1) is 11.8 Å².